The van der Waals surface area contributed by atoms with Crippen LogP contribution in [0.5, 0.6) is 0 Å². The maximum absolute atomic E-state index is 12.5. The van der Waals surface area contributed by atoms with Crippen molar-refractivity contribution in [1.82, 2.24) is 5.32 Å². The van der Waals surface area contributed by atoms with Gasteiger partial charge in [0.2, 0.25) is 0 Å². The Morgan fingerprint density at radius 2 is 1.92 bits per heavy atom. The average Bonchev–Trinajstić information content (AvgIpc) is 3.06. The van der Waals surface area contributed by atoms with Crippen LogP contribution >= 0.6 is 0 Å². The molecule has 0 bridgehead atoms. The fraction of sp³-hybridized carbons (Fsp3) is 0.421. The van der Waals surface area contributed by atoms with Gasteiger partial charge in [-0.15, -0.1) is 0 Å². The number of benzene rings is 1. The maximum atomic E-state index is 12.5. The summed E-state index contributed by atoms with van der Waals surface area (Å²) in [6.07, 6.45) is 2.01. The number of hydrogen-bond acceptors (Lipinski definition) is 5. The minimum atomic E-state index is -3.54. The molecule has 0 aliphatic carbocycles. The zero-order valence-electron chi connectivity index (χ0n) is 15.1. The molecule has 0 saturated carbocycles. The zero-order valence-corrected chi connectivity index (χ0v) is 15.9. The lowest BCUT2D eigenvalue weighted by Gasteiger charge is -2.08. The molecule has 0 unspecified atom stereocenters. The molecule has 1 N–H and O–H groups in total. The monoisotopic (exact) mass is 379 g/mol. The largest absolute Gasteiger partial charge is 0.459 e. The smallest absolute Gasteiger partial charge is 0.287 e. The fourth-order valence-corrected chi connectivity index (χ4v) is 3.72. The van der Waals surface area contributed by atoms with E-state index in [1.54, 1.807) is 18.2 Å². The number of ether oxygens (including phenoxy) is 1. The molecule has 0 aliphatic rings. The van der Waals surface area contributed by atoms with Crippen LogP contribution in [0.15, 0.2) is 52.0 Å². The summed E-state index contributed by atoms with van der Waals surface area (Å²) < 4.78 is 35.6. The summed E-state index contributed by atoms with van der Waals surface area (Å²) in [5.41, 5.74) is 0.349. The maximum Gasteiger partial charge on any atom is 0.287 e. The number of carbonyl (C=O) groups excluding carboxylic acids is 1. The fourth-order valence-electron chi connectivity index (χ4n) is 2.34. The molecule has 0 spiro atoms. The summed E-state index contributed by atoms with van der Waals surface area (Å²) in [6.45, 7) is 5.83. The Bertz CT molecular complexity index is 796. The molecule has 6 nitrogen and oxygen atoms in total. The number of hydrogen-bond donors (Lipinski definition) is 1. The molecule has 0 atom stereocenters. The van der Waals surface area contributed by atoms with Crippen molar-refractivity contribution in [3.63, 3.8) is 0 Å². The van der Waals surface area contributed by atoms with Crippen LogP contribution < -0.4 is 5.32 Å². The van der Waals surface area contributed by atoms with E-state index < -0.39 is 15.7 Å². The number of rotatable bonds is 10. The molecule has 1 heterocycles. The molecule has 142 valence electrons. The van der Waals surface area contributed by atoms with Crippen molar-refractivity contribution in [3.05, 3.63) is 54.0 Å². The number of sulfone groups is 1. The summed E-state index contributed by atoms with van der Waals surface area (Å²) in [5.74, 6) is -0.195. The summed E-state index contributed by atoms with van der Waals surface area (Å²) >= 11 is 0. The Kier molecular flexibility index (Phi) is 7.41. The number of furan rings is 1. The van der Waals surface area contributed by atoms with Crippen LogP contribution in [0.3, 0.4) is 0 Å². The van der Waals surface area contributed by atoms with Crippen LogP contribution in [0.25, 0.3) is 0 Å². The van der Waals surface area contributed by atoms with E-state index in [1.807, 2.05) is 0 Å². The Morgan fingerprint density at radius 1 is 1.19 bits per heavy atom. The van der Waals surface area contributed by atoms with E-state index >= 15 is 0 Å². The van der Waals surface area contributed by atoms with Gasteiger partial charge in [-0.25, -0.2) is 8.42 Å². The third-order valence-electron chi connectivity index (χ3n) is 3.60. The van der Waals surface area contributed by atoms with E-state index in [4.69, 9.17) is 9.15 Å². The molecule has 1 amide bonds. The Labute approximate surface area is 154 Å². The quantitative estimate of drug-likeness (QED) is 0.641. The van der Waals surface area contributed by atoms with Gasteiger partial charge in [-0.05, 0) is 30.5 Å². The Balaban J connectivity index is 1.90. The van der Waals surface area contributed by atoms with Gasteiger partial charge < -0.3 is 14.5 Å². The number of carbonyl (C=O) groups is 1. The first-order valence-corrected chi connectivity index (χ1v) is 10.3. The van der Waals surface area contributed by atoms with Gasteiger partial charge in [0.1, 0.15) is 0 Å². The van der Waals surface area contributed by atoms with Crippen LogP contribution in [0.2, 0.25) is 0 Å². The number of amides is 1. The molecule has 2 aromatic rings. The van der Waals surface area contributed by atoms with Crippen molar-refractivity contribution >= 4 is 15.7 Å². The molecular formula is C19H25NO5S. The van der Waals surface area contributed by atoms with Gasteiger partial charge in [0.15, 0.2) is 15.6 Å². The van der Waals surface area contributed by atoms with Gasteiger partial charge >= 0.3 is 0 Å². The highest BCUT2D eigenvalue weighted by atomic mass is 32.2. The first-order chi connectivity index (χ1) is 12.4. The first-order valence-electron chi connectivity index (χ1n) is 8.60. The summed E-state index contributed by atoms with van der Waals surface area (Å²) in [7, 11) is -3.54. The lowest BCUT2D eigenvalue weighted by atomic mass is 10.2. The van der Waals surface area contributed by atoms with Crippen molar-refractivity contribution < 1.29 is 22.4 Å². The van der Waals surface area contributed by atoms with Crippen LogP contribution in [0.1, 0.15) is 36.4 Å². The summed E-state index contributed by atoms with van der Waals surface area (Å²) in [4.78, 5) is 12.5. The normalized spacial score (nSPS) is 11.7. The van der Waals surface area contributed by atoms with Gasteiger partial charge in [0.05, 0.1) is 16.9 Å². The SMILES string of the molecule is CC(C)COCCCNC(=O)c1occc1CS(=O)(=O)c1ccccc1. The molecule has 0 radical (unpaired) electrons. The van der Waals surface area contributed by atoms with Gasteiger partial charge in [-0.2, -0.15) is 0 Å². The van der Waals surface area contributed by atoms with Crippen LogP contribution in [-0.4, -0.2) is 34.1 Å². The molecule has 2 rings (SSSR count). The van der Waals surface area contributed by atoms with Crippen LogP contribution in [0, 0.1) is 5.92 Å². The van der Waals surface area contributed by atoms with Crippen LogP contribution in [0.4, 0.5) is 0 Å². The van der Waals surface area contributed by atoms with Crippen molar-refractivity contribution in [1.29, 1.82) is 0 Å². The van der Waals surface area contributed by atoms with Crippen molar-refractivity contribution in [2.24, 2.45) is 5.92 Å². The lowest BCUT2D eigenvalue weighted by molar-refractivity contribution is 0.0899. The van der Waals surface area contributed by atoms with Crippen molar-refractivity contribution in [3.8, 4) is 0 Å². The second-order valence-electron chi connectivity index (χ2n) is 6.43. The lowest BCUT2D eigenvalue weighted by Crippen LogP contribution is -2.26. The molecule has 0 saturated heterocycles. The minimum Gasteiger partial charge on any atom is -0.459 e. The third kappa shape index (κ3) is 6.00. The Morgan fingerprint density at radius 3 is 2.62 bits per heavy atom. The molecule has 1 aromatic heterocycles. The zero-order chi connectivity index (χ0) is 19.0. The van der Waals surface area contributed by atoms with Crippen molar-refractivity contribution in [2.45, 2.75) is 30.9 Å². The molecule has 0 aliphatic heterocycles. The summed E-state index contributed by atoms with van der Waals surface area (Å²) in [5, 5.41) is 2.73. The van der Waals surface area contributed by atoms with Gasteiger partial charge in [0.25, 0.3) is 5.91 Å². The second kappa shape index (κ2) is 9.54. The predicted molar refractivity (Wildman–Crippen MR) is 98.6 cm³/mol. The topological polar surface area (TPSA) is 85.6 Å². The molecule has 26 heavy (non-hydrogen) atoms. The Hall–Kier alpha value is -2.12. The minimum absolute atomic E-state index is 0.0348. The van der Waals surface area contributed by atoms with Crippen LogP contribution in [-0.2, 0) is 20.3 Å². The van der Waals surface area contributed by atoms with Gasteiger partial charge in [-0.3, -0.25) is 4.79 Å². The van der Waals surface area contributed by atoms with Gasteiger partial charge in [-0.1, -0.05) is 32.0 Å². The van der Waals surface area contributed by atoms with E-state index in [0.29, 0.717) is 37.7 Å². The number of nitrogens with one attached hydrogen (secondary N) is 1. The van der Waals surface area contributed by atoms with E-state index in [-0.39, 0.29) is 16.4 Å². The predicted octanol–water partition coefficient (Wildman–Crippen LogP) is 3.05. The highest BCUT2D eigenvalue weighted by Gasteiger charge is 2.22. The first kappa shape index (κ1) is 20.2. The van der Waals surface area contributed by atoms with E-state index in [9.17, 15) is 13.2 Å². The standard InChI is InChI=1S/C19H25NO5S/c1-15(2)13-24-11-6-10-20-19(21)18-16(9-12-25-18)14-26(22,23)17-7-4-3-5-8-17/h3-5,7-9,12,15H,6,10-11,13-14H2,1-2H3,(H,20,21). The third-order valence-corrected chi connectivity index (χ3v) is 5.28. The van der Waals surface area contributed by atoms with E-state index in [1.165, 1.54) is 24.5 Å². The van der Waals surface area contributed by atoms with Gasteiger partial charge in [0, 0.05) is 25.3 Å². The molecule has 0 fully saturated rings. The molecule has 1 aromatic carbocycles. The molecular weight excluding hydrogens is 354 g/mol. The van der Waals surface area contributed by atoms with E-state index in [0.717, 1.165) is 0 Å². The summed E-state index contributed by atoms with van der Waals surface area (Å²) in [6, 6.07) is 9.66. The second-order valence-corrected chi connectivity index (χ2v) is 8.41. The highest BCUT2D eigenvalue weighted by molar-refractivity contribution is 7.90. The average molecular weight is 379 g/mol. The molecule has 7 heteroatoms. The highest BCUT2D eigenvalue weighted by Crippen LogP contribution is 2.19. The van der Waals surface area contributed by atoms with E-state index in [2.05, 4.69) is 19.2 Å². The van der Waals surface area contributed by atoms with Crippen molar-refractivity contribution in [2.75, 3.05) is 19.8 Å².